The van der Waals surface area contributed by atoms with Gasteiger partial charge >= 0.3 is 5.97 Å². The molecule has 122 valence electrons. The largest absolute Gasteiger partial charge is 0.494 e. The average molecular weight is 307 g/mol. The Morgan fingerprint density at radius 2 is 2.09 bits per heavy atom. The Hall–Kier alpha value is -2.24. The lowest BCUT2D eigenvalue weighted by atomic mass is 10.1. The first kappa shape index (κ1) is 17.8. The second-order valence-corrected chi connectivity index (χ2v) is 4.72. The van der Waals surface area contributed by atoms with Crippen molar-refractivity contribution in [2.24, 2.45) is 4.99 Å². The van der Waals surface area contributed by atoms with E-state index in [1.165, 1.54) is 7.11 Å². The van der Waals surface area contributed by atoms with Crippen LogP contribution < -0.4 is 15.4 Å². The zero-order valence-electron chi connectivity index (χ0n) is 13.7. The molecule has 0 spiro atoms. The number of aryl methyl sites for hydroxylation is 1. The minimum Gasteiger partial charge on any atom is -0.494 e. The molecule has 0 atom stereocenters. The molecular formula is C16H25N3O3. The zero-order valence-corrected chi connectivity index (χ0v) is 13.7. The molecule has 0 aliphatic heterocycles. The molecule has 0 saturated carbocycles. The van der Waals surface area contributed by atoms with Gasteiger partial charge in [0.1, 0.15) is 5.75 Å². The van der Waals surface area contributed by atoms with Gasteiger partial charge in [-0.3, -0.25) is 9.79 Å². The minimum atomic E-state index is -0.250. The number of nitrogens with zero attached hydrogens (tertiary/aromatic N) is 1. The summed E-state index contributed by atoms with van der Waals surface area (Å²) < 4.78 is 10.2. The second-order valence-electron chi connectivity index (χ2n) is 4.72. The Morgan fingerprint density at radius 3 is 2.73 bits per heavy atom. The second kappa shape index (κ2) is 9.65. The predicted octanol–water partition coefficient (Wildman–Crippen LogP) is 1.62. The van der Waals surface area contributed by atoms with Gasteiger partial charge < -0.3 is 20.1 Å². The Kier molecular flexibility index (Phi) is 7.81. The van der Waals surface area contributed by atoms with Crippen LogP contribution in [0.25, 0.3) is 0 Å². The van der Waals surface area contributed by atoms with Crippen LogP contribution in [-0.2, 0) is 16.1 Å². The summed E-state index contributed by atoms with van der Waals surface area (Å²) in [4.78, 5) is 15.2. The fraction of sp³-hybridized carbons (Fsp3) is 0.500. The van der Waals surface area contributed by atoms with Crippen molar-refractivity contribution in [2.75, 3.05) is 27.3 Å². The SMILES string of the molecule is CCOc1cc(C)ccc1CNC(=NC)NCCC(=O)OC. The molecule has 22 heavy (non-hydrogen) atoms. The van der Waals surface area contributed by atoms with E-state index in [1.807, 2.05) is 32.0 Å². The molecular weight excluding hydrogens is 282 g/mol. The summed E-state index contributed by atoms with van der Waals surface area (Å²) in [6, 6.07) is 6.11. The summed E-state index contributed by atoms with van der Waals surface area (Å²) in [5.41, 5.74) is 2.22. The molecule has 0 aliphatic carbocycles. The van der Waals surface area contributed by atoms with Crippen molar-refractivity contribution in [1.29, 1.82) is 0 Å². The van der Waals surface area contributed by atoms with Crippen LogP contribution in [0.4, 0.5) is 0 Å². The normalized spacial score (nSPS) is 11.0. The lowest BCUT2D eigenvalue weighted by Gasteiger charge is -2.14. The first-order valence-corrected chi connectivity index (χ1v) is 7.34. The standard InChI is InChI=1S/C16H25N3O3/c1-5-22-14-10-12(2)6-7-13(14)11-19-16(17-3)18-9-8-15(20)21-4/h6-7,10H,5,8-9,11H2,1-4H3,(H2,17,18,19). The molecule has 0 heterocycles. The van der Waals surface area contributed by atoms with Crippen molar-refractivity contribution >= 4 is 11.9 Å². The zero-order chi connectivity index (χ0) is 16.4. The molecule has 1 rings (SSSR count). The quantitative estimate of drug-likeness (QED) is 0.455. The highest BCUT2D eigenvalue weighted by molar-refractivity contribution is 5.80. The van der Waals surface area contributed by atoms with E-state index in [9.17, 15) is 4.79 Å². The van der Waals surface area contributed by atoms with Gasteiger partial charge in [0, 0.05) is 25.7 Å². The highest BCUT2D eigenvalue weighted by atomic mass is 16.5. The van der Waals surface area contributed by atoms with E-state index in [0.717, 1.165) is 16.9 Å². The van der Waals surface area contributed by atoms with Crippen LogP contribution in [0.15, 0.2) is 23.2 Å². The molecule has 1 aromatic carbocycles. The predicted molar refractivity (Wildman–Crippen MR) is 87.2 cm³/mol. The average Bonchev–Trinajstić information content (AvgIpc) is 2.52. The maximum absolute atomic E-state index is 11.1. The molecule has 1 aromatic rings. The summed E-state index contributed by atoms with van der Waals surface area (Å²) in [7, 11) is 3.06. The van der Waals surface area contributed by atoms with Crippen molar-refractivity contribution in [3.8, 4) is 5.75 Å². The number of carbonyl (C=O) groups is 1. The lowest BCUT2D eigenvalue weighted by molar-refractivity contribution is -0.140. The number of hydrogen-bond acceptors (Lipinski definition) is 4. The molecule has 0 bridgehead atoms. The number of benzene rings is 1. The van der Waals surface area contributed by atoms with E-state index < -0.39 is 0 Å². The Morgan fingerprint density at radius 1 is 1.32 bits per heavy atom. The maximum Gasteiger partial charge on any atom is 0.307 e. The number of rotatable bonds is 7. The number of methoxy groups -OCH3 is 1. The lowest BCUT2D eigenvalue weighted by Crippen LogP contribution is -2.38. The van der Waals surface area contributed by atoms with E-state index in [0.29, 0.717) is 32.1 Å². The van der Waals surface area contributed by atoms with Crippen LogP contribution >= 0.6 is 0 Å². The van der Waals surface area contributed by atoms with Crippen molar-refractivity contribution in [1.82, 2.24) is 10.6 Å². The summed E-state index contributed by atoms with van der Waals surface area (Å²) in [5, 5.41) is 6.27. The minimum absolute atomic E-state index is 0.250. The highest BCUT2D eigenvalue weighted by Gasteiger charge is 2.06. The highest BCUT2D eigenvalue weighted by Crippen LogP contribution is 2.20. The number of aliphatic imine (C=N–C) groups is 1. The summed E-state index contributed by atoms with van der Waals surface area (Å²) in [6.07, 6.45) is 0.298. The number of hydrogen-bond donors (Lipinski definition) is 2. The van der Waals surface area contributed by atoms with Crippen LogP contribution in [0, 0.1) is 6.92 Å². The monoisotopic (exact) mass is 307 g/mol. The Bertz CT molecular complexity index is 515. The van der Waals surface area contributed by atoms with Gasteiger partial charge in [-0.15, -0.1) is 0 Å². The first-order chi connectivity index (χ1) is 10.6. The van der Waals surface area contributed by atoms with Gasteiger partial charge in [0.05, 0.1) is 20.1 Å². The van der Waals surface area contributed by atoms with Crippen molar-refractivity contribution in [3.63, 3.8) is 0 Å². The van der Waals surface area contributed by atoms with Crippen LogP contribution in [-0.4, -0.2) is 39.2 Å². The molecule has 6 nitrogen and oxygen atoms in total. The van der Waals surface area contributed by atoms with Crippen LogP contribution in [0.2, 0.25) is 0 Å². The third-order valence-corrected chi connectivity index (χ3v) is 3.04. The molecule has 0 saturated heterocycles. The number of esters is 1. The van der Waals surface area contributed by atoms with Crippen LogP contribution in [0.3, 0.4) is 0 Å². The molecule has 0 unspecified atom stereocenters. The van der Waals surface area contributed by atoms with Gasteiger partial charge in [-0.2, -0.15) is 0 Å². The van der Waals surface area contributed by atoms with Gasteiger partial charge in [-0.25, -0.2) is 0 Å². The number of ether oxygens (including phenoxy) is 2. The van der Waals surface area contributed by atoms with Gasteiger partial charge in [-0.1, -0.05) is 12.1 Å². The first-order valence-electron chi connectivity index (χ1n) is 7.34. The topological polar surface area (TPSA) is 72.0 Å². The van der Waals surface area contributed by atoms with E-state index in [1.54, 1.807) is 7.05 Å². The summed E-state index contributed by atoms with van der Waals surface area (Å²) in [6.45, 7) is 5.69. The van der Waals surface area contributed by atoms with Gasteiger partial charge in [0.2, 0.25) is 0 Å². The molecule has 0 aliphatic rings. The molecule has 0 amide bonds. The fourth-order valence-corrected chi connectivity index (χ4v) is 1.88. The fourth-order valence-electron chi connectivity index (χ4n) is 1.88. The van der Waals surface area contributed by atoms with Crippen LogP contribution in [0.1, 0.15) is 24.5 Å². The van der Waals surface area contributed by atoms with Gasteiger partial charge in [-0.05, 0) is 25.5 Å². The van der Waals surface area contributed by atoms with Crippen molar-refractivity contribution in [3.05, 3.63) is 29.3 Å². The smallest absolute Gasteiger partial charge is 0.307 e. The molecule has 0 aromatic heterocycles. The summed E-state index contributed by atoms with van der Waals surface area (Å²) in [5.74, 6) is 1.26. The number of guanidine groups is 1. The third kappa shape index (κ3) is 6.03. The molecule has 0 fully saturated rings. The number of carbonyl (C=O) groups excluding carboxylic acids is 1. The number of nitrogens with one attached hydrogen (secondary N) is 2. The van der Waals surface area contributed by atoms with Crippen molar-refractivity contribution < 1.29 is 14.3 Å². The third-order valence-electron chi connectivity index (χ3n) is 3.04. The van der Waals surface area contributed by atoms with Crippen molar-refractivity contribution in [2.45, 2.75) is 26.8 Å². The van der Waals surface area contributed by atoms with Crippen LogP contribution in [0.5, 0.6) is 5.75 Å². The van der Waals surface area contributed by atoms with E-state index in [2.05, 4.69) is 20.4 Å². The summed E-state index contributed by atoms with van der Waals surface area (Å²) >= 11 is 0. The Labute approximate surface area is 131 Å². The molecule has 6 heteroatoms. The van der Waals surface area contributed by atoms with E-state index >= 15 is 0 Å². The van der Waals surface area contributed by atoms with Gasteiger partial charge in [0.15, 0.2) is 5.96 Å². The van der Waals surface area contributed by atoms with Gasteiger partial charge in [0.25, 0.3) is 0 Å². The Balaban J connectivity index is 2.54. The molecule has 2 N–H and O–H groups in total. The van der Waals surface area contributed by atoms with E-state index in [4.69, 9.17) is 4.74 Å². The molecule has 0 radical (unpaired) electrons. The van der Waals surface area contributed by atoms with E-state index in [-0.39, 0.29) is 5.97 Å². The maximum atomic E-state index is 11.1.